The minimum atomic E-state index is -0.237. The molecule has 0 aliphatic carbocycles. The molecule has 128 valence electrons. The van der Waals surface area contributed by atoms with Gasteiger partial charge >= 0.3 is 5.97 Å². The van der Waals surface area contributed by atoms with Crippen LogP contribution in [0.25, 0.3) is 22.3 Å². The fraction of sp³-hybridized carbons (Fsp3) is 0.238. The lowest BCUT2D eigenvalue weighted by Gasteiger charge is -2.08. The third kappa shape index (κ3) is 4.15. The van der Waals surface area contributed by atoms with Crippen molar-refractivity contribution in [3.05, 3.63) is 70.4 Å². The minimum Gasteiger partial charge on any atom is -0.465 e. The van der Waals surface area contributed by atoms with E-state index in [1.165, 1.54) is 6.07 Å². The fourth-order valence-corrected chi connectivity index (χ4v) is 2.51. The van der Waals surface area contributed by atoms with E-state index in [4.69, 9.17) is 9.15 Å². The molecule has 0 unspecified atom stereocenters. The molecule has 0 spiro atoms. The molecule has 1 heterocycles. The molecular formula is C21H20O4. The van der Waals surface area contributed by atoms with Crippen LogP contribution in [0.15, 0.2) is 63.8 Å². The predicted octanol–water partition coefficient (Wildman–Crippen LogP) is 4.20. The average Bonchev–Trinajstić information content (AvgIpc) is 2.60. The van der Waals surface area contributed by atoms with Gasteiger partial charge in [0, 0.05) is 11.6 Å². The third-order valence-corrected chi connectivity index (χ3v) is 3.80. The molecule has 1 aromatic heterocycles. The SMILES string of the molecule is CC(C)COC(=O)Cc1ccc(-c2cc(=O)c3ccccc3o2)cc1. The smallest absolute Gasteiger partial charge is 0.310 e. The number of fused-ring (bicyclic) bond motifs is 1. The minimum absolute atomic E-state index is 0.0711. The summed E-state index contributed by atoms with van der Waals surface area (Å²) in [7, 11) is 0. The molecule has 0 atom stereocenters. The number of hydrogen-bond acceptors (Lipinski definition) is 4. The first-order valence-corrected chi connectivity index (χ1v) is 8.31. The van der Waals surface area contributed by atoms with Crippen molar-refractivity contribution in [2.45, 2.75) is 20.3 Å². The Kier molecular flexibility index (Phi) is 4.98. The largest absolute Gasteiger partial charge is 0.465 e. The highest BCUT2D eigenvalue weighted by Gasteiger charge is 2.09. The zero-order valence-electron chi connectivity index (χ0n) is 14.3. The Balaban J connectivity index is 1.78. The van der Waals surface area contributed by atoms with Gasteiger partial charge in [-0.05, 0) is 23.6 Å². The average molecular weight is 336 g/mol. The van der Waals surface area contributed by atoms with Gasteiger partial charge in [-0.25, -0.2) is 0 Å². The van der Waals surface area contributed by atoms with E-state index in [-0.39, 0.29) is 17.8 Å². The summed E-state index contributed by atoms with van der Waals surface area (Å²) in [6.07, 6.45) is 0.231. The molecule has 0 N–H and O–H groups in total. The standard InChI is InChI=1S/C21H20O4/c1-14(2)13-24-21(23)11-15-7-9-16(10-8-15)20-12-18(22)17-5-3-4-6-19(17)25-20/h3-10,12,14H,11,13H2,1-2H3. The van der Waals surface area contributed by atoms with Crippen molar-refractivity contribution >= 4 is 16.9 Å². The second kappa shape index (κ2) is 7.34. The van der Waals surface area contributed by atoms with Crippen LogP contribution in [-0.4, -0.2) is 12.6 Å². The number of esters is 1. The van der Waals surface area contributed by atoms with Crippen LogP contribution < -0.4 is 5.43 Å². The van der Waals surface area contributed by atoms with Crippen molar-refractivity contribution in [1.82, 2.24) is 0 Å². The Morgan fingerprint density at radius 3 is 2.52 bits per heavy atom. The van der Waals surface area contributed by atoms with E-state index in [2.05, 4.69) is 0 Å². The summed E-state index contributed by atoms with van der Waals surface area (Å²) < 4.78 is 11.0. The van der Waals surface area contributed by atoms with Gasteiger partial charge in [0.2, 0.25) is 0 Å². The van der Waals surface area contributed by atoms with E-state index < -0.39 is 0 Å². The summed E-state index contributed by atoms with van der Waals surface area (Å²) in [6, 6.07) is 16.1. The molecule has 0 fully saturated rings. The van der Waals surface area contributed by atoms with Crippen molar-refractivity contribution < 1.29 is 13.9 Å². The zero-order valence-corrected chi connectivity index (χ0v) is 14.3. The summed E-state index contributed by atoms with van der Waals surface area (Å²) in [5.74, 6) is 0.596. The molecule has 3 aromatic rings. The van der Waals surface area contributed by atoms with Gasteiger partial charge in [0.25, 0.3) is 0 Å². The number of hydrogen-bond donors (Lipinski definition) is 0. The van der Waals surface area contributed by atoms with E-state index in [1.54, 1.807) is 12.1 Å². The summed E-state index contributed by atoms with van der Waals surface area (Å²) in [6.45, 7) is 4.43. The van der Waals surface area contributed by atoms with Gasteiger partial charge in [-0.1, -0.05) is 50.2 Å². The molecular weight excluding hydrogens is 316 g/mol. The van der Waals surface area contributed by atoms with Gasteiger partial charge in [0.05, 0.1) is 18.4 Å². The monoisotopic (exact) mass is 336 g/mol. The fourth-order valence-electron chi connectivity index (χ4n) is 2.51. The quantitative estimate of drug-likeness (QED) is 0.655. The Bertz CT molecular complexity index is 936. The van der Waals surface area contributed by atoms with Crippen LogP contribution in [0.5, 0.6) is 0 Å². The van der Waals surface area contributed by atoms with Crippen LogP contribution in [0.4, 0.5) is 0 Å². The van der Waals surface area contributed by atoms with Crippen LogP contribution >= 0.6 is 0 Å². The summed E-state index contributed by atoms with van der Waals surface area (Å²) in [5.41, 5.74) is 2.15. The maximum Gasteiger partial charge on any atom is 0.310 e. The first kappa shape index (κ1) is 17.0. The van der Waals surface area contributed by atoms with Crippen molar-refractivity contribution in [2.24, 2.45) is 5.92 Å². The van der Waals surface area contributed by atoms with Crippen molar-refractivity contribution in [1.29, 1.82) is 0 Å². The number of para-hydroxylation sites is 1. The van der Waals surface area contributed by atoms with E-state index in [9.17, 15) is 9.59 Å². The number of rotatable bonds is 5. The van der Waals surface area contributed by atoms with Crippen LogP contribution in [0.3, 0.4) is 0 Å². The molecule has 0 bridgehead atoms. The maximum absolute atomic E-state index is 12.2. The van der Waals surface area contributed by atoms with Crippen LogP contribution in [0.1, 0.15) is 19.4 Å². The van der Waals surface area contributed by atoms with E-state index in [0.29, 0.717) is 29.3 Å². The lowest BCUT2D eigenvalue weighted by molar-refractivity contribution is -0.143. The lowest BCUT2D eigenvalue weighted by Crippen LogP contribution is -2.12. The Morgan fingerprint density at radius 2 is 1.80 bits per heavy atom. The van der Waals surface area contributed by atoms with Gasteiger partial charge in [0.1, 0.15) is 11.3 Å². The van der Waals surface area contributed by atoms with Gasteiger partial charge in [-0.15, -0.1) is 0 Å². The maximum atomic E-state index is 12.2. The van der Waals surface area contributed by atoms with E-state index in [0.717, 1.165) is 11.1 Å². The van der Waals surface area contributed by atoms with Crippen molar-refractivity contribution in [3.8, 4) is 11.3 Å². The van der Waals surface area contributed by atoms with Gasteiger partial charge < -0.3 is 9.15 Å². The van der Waals surface area contributed by atoms with Gasteiger partial charge in [0.15, 0.2) is 5.43 Å². The highest BCUT2D eigenvalue weighted by atomic mass is 16.5. The second-order valence-corrected chi connectivity index (χ2v) is 6.42. The van der Waals surface area contributed by atoms with Gasteiger partial charge in [-0.2, -0.15) is 0 Å². The van der Waals surface area contributed by atoms with Crippen LogP contribution in [0.2, 0.25) is 0 Å². The topological polar surface area (TPSA) is 56.5 Å². The zero-order chi connectivity index (χ0) is 17.8. The molecule has 0 amide bonds. The predicted molar refractivity (Wildman–Crippen MR) is 97.4 cm³/mol. The van der Waals surface area contributed by atoms with Crippen LogP contribution in [-0.2, 0) is 16.0 Å². The molecule has 2 aromatic carbocycles. The lowest BCUT2D eigenvalue weighted by atomic mass is 10.1. The molecule has 0 radical (unpaired) electrons. The molecule has 0 aliphatic rings. The molecule has 0 aliphatic heterocycles. The normalized spacial score (nSPS) is 11.0. The summed E-state index contributed by atoms with van der Waals surface area (Å²) in [4.78, 5) is 24.0. The Morgan fingerprint density at radius 1 is 1.08 bits per heavy atom. The van der Waals surface area contributed by atoms with E-state index in [1.807, 2.05) is 50.2 Å². The highest BCUT2D eigenvalue weighted by Crippen LogP contribution is 2.22. The molecule has 4 nitrogen and oxygen atoms in total. The molecule has 3 rings (SSSR count). The molecule has 25 heavy (non-hydrogen) atoms. The number of benzene rings is 2. The third-order valence-electron chi connectivity index (χ3n) is 3.80. The number of carbonyl (C=O) groups excluding carboxylic acids is 1. The molecule has 0 saturated heterocycles. The highest BCUT2D eigenvalue weighted by molar-refractivity contribution is 5.78. The molecule has 0 saturated carbocycles. The number of ether oxygens (including phenoxy) is 1. The number of carbonyl (C=O) groups is 1. The second-order valence-electron chi connectivity index (χ2n) is 6.42. The Labute approximate surface area is 146 Å². The van der Waals surface area contributed by atoms with Gasteiger partial charge in [-0.3, -0.25) is 9.59 Å². The van der Waals surface area contributed by atoms with Crippen molar-refractivity contribution in [3.63, 3.8) is 0 Å². The van der Waals surface area contributed by atoms with Crippen LogP contribution in [0, 0.1) is 5.92 Å². The summed E-state index contributed by atoms with van der Waals surface area (Å²) >= 11 is 0. The first-order chi connectivity index (χ1) is 12.0. The van der Waals surface area contributed by atoms with Crippen molar-refractivity contribution in [2.75, 3.05) is 6.61 Å². The molecule has 4 heteroatoms. The van der Waals surface area contributed by atoms with E-state index >= 15 is 0 Å². The first-order valence-electron chi connectivity index (χ1n) is 8.31. The summed E-state index contributed by atoms with van der Waals surface area (Å²) in [5, 5.41) is 0.566. The Hall–Kier alpha value is -2.88.